The summed E-state index contributed by atoms with van der Waals surface area (Å²) in [5, 5.41) is 2.84. The molecule has 2 aliphatic heterocycles. The van der Waals surface area contributed by atoms with Crippen molar-refractivity contribution in [3.05, 3.63) is 53.4 Å². The van der Waals surface area contributed by atoms with Crippen molar-refractivity contribution >= 4 is 11.8 Å². The number of rotatable bonds is 4. The minimum atomic E-state index is -0.563. The zero-order valence-electron chi connectivity index (χ0n) is 15.1. The number of aromatic amines is 1. The predicted molar refractivity (Wildman–Crippen MR) is 96.1 cm³/mol. The van der Waals surface area contributed by atoms with E-state index >= 15 is 0 Å². The number of carbonyl (C=O) groups is 2. The number of fused-ring (bicyclic) bond motifs is 1. The van der Waals surface area contributed by atoms with Crippen LogP contribution >= 0.6 is 0 Å². The number of benzene rings is 1. The molecule has 2 atom stereocenters. The Balaban J connectivity index is 1.42. The van der Waals surface area contributed by atoms with E-state index in [-0.39, 0.29) is 17.6 Å². The first-order valence-electron chi connectivity index (χ1n) is 9.07. The quantitative estimate of drug-likeness (QED) is 0.825. The van der Waals surface area contributed by atoms with Crippen LogP contribution in [0.2, 0.25) is 0 Å². The Bertz CT molecular complexity index is 854. The Morgan fingerprint density at radius 1 is 1.30 bits per heavy atom. The summed E-state index contributed by atoms with van der Waals surface area (Å²) < 4.78 is 13.8. The summed E-state index contributed by atoms with van der Waals surface area (Å²) in [6.07, 6.45) is 3.62. The first-order valence-corrected chi connectivity index (χ1v) is 9.07. The molecule has 142 valence electrons. The standard InChI is InChI=1S/C19H22FN5O2/c1-12-2-3-13(6-15(12)20)9-24-4-5-25-17(10-24)18(26)23-16(19(25)27)7-14-8-21-11-22-14/h2-3,6,8,11,16-17H,4-5,7,9-10H2,1H3,(H,21,22)(H,23,26)/t16-,17+/m0/s1. The van der Waals surface area contributed by atoms with E-state index in [0.717, 1.165) is 11.3 Å². The minimum Gasteiger partial charge on any atom is -0.348 e. The van der Waals surface area contributed by atoms with Crippen LogP contribution in [0.15, 0.2) is 30.7 Å². The van der Waals surface area contributed by atoms with Gasteiger partial charge in [0.05, 0.1) is 6.33 Å². The predicted octanol–water partition coefficient (Wildman–Crippen LogP) is 0.611. The highest BCUT2D eigenvalue weighted by Gasteiger charge is 2.43. The second kappa shape index (κ2) is 7.11. The monoisotopic (exact) mass is 371 g/mol. The molecule has 2 fully saturated rings. The zero-order chi connectivity index (χ0) is 19.0. The average molecular weight is 371 g/mol. The third-order valence-electron chi connectivity index (χ3n) is 5.29. The van der Waals surface area contributed by atoms with Crippen molar-refractivity contribution < 1.29 is 14.0 Å². The van der Waals surface area contributed by atoms with Gasteiger partial charge in [0.25, 0.3) is 0 Å². The third kappa shape index (κ3) is 3.57. The molecule has 2 aromatic rings. The summed E-state index contributed by atoms with van der Waals surface area (Å²) in [5.41, 5.74) is 2.29. The number of H-pyrrole nitrogens is 1. The van der Waals surface area contributed by atoms with E-state index in [2.05, 4.69) is 20.2 Å². The van der Waals surface area contributed by atoms with Crippen LogP contribution in [0.4, 0.5) is 4.39 Å². The highest BCUT2D eigenvalue weighted by Crippen LogP contribution is 2.20. The maximum absolute atomic E-state index is 13.8. The Hall–Kier alpha value is -2.74. The lowest BCUT2D eigenvalue weighted by molar-refractivity contribution is -0.153. The summed E-state index contributed by atoms with van der Waals surface area (Å²) in [5.74, 6) is -0.424. The summed E-state index contributed by atoms with van der Waals surface area (Å²) in [4.78, 5) is 36.1. The highest BCUT2D eigenvalue weighted by atomic mass is 19.1. The molecule has 2 amide bonds. The molecule has 4 rings (SSSR count). The number of hydrogen-bond acceptors (Lipinski definition) is 4. The molecule has 1 aromatic heterocycles. The van der Waals surface area contributed by atoms with Gasteiger partial charge in [0.1, 0.15) is 17.9 Å². The molecule has 0 aliphatic carbocycles. The summed E-state index contributed by atoms with van der Waals surface area (Å²) >= 11 is 0. The number of aromatic nitrogens is 2. The van der Waals surface area contributed by atoms with Crippen LogP contribution in [-0.2, 0) is 22.6 Å². The Labute approximate surface area is 156 Å². The first kappa shape index (κ1) is 17.7. The summed E-state index contributed by atoms with van der Waals surface area (Å²) in [7, 11) is 0. The van der Waals surface area contributed by atoms with Crippen molar-refractivity contribution in [3.8, 4) is 0 Å². The molecule has 8 heteroatoms. The van der Waals surface area contributed by atoms with E-state index < -0.39 is 12.1 Å². The van der Waals surface area contributed by atoms with E-state index in [4.69, 9.17) is 0 Å². The number of halogens is 1. The normalized spacial score (nSPS) is 23.3. The summed E-state index contributed by atoms with van der Waals surface area (Å²) in [6.45, 7) is 3.88. The van der Waals surface area contributed by atoms with Crippen LogP contribution in [0.3, 0.4) is 0 Å². The second-order valence-corrected chi connectivity index (χ2v) is 7.21. The van der Waals surface area contributed by atoms with Crippen molar-refractivity contribution in [2.24, 2.45) is 0 Å². The molecule has 27 heavy (non-hydrogen) atoms. The lowest BCUT2D eigenvalue weighted by Gasteiger charge is -2.45. The molecule has 2 N–H and O–H groups in total. The van der Waals surface area contributed by atoms with Gasteiger partial charge < -0.3 is 15.2 Å². The van der Waals surface area contributed by atoms with E-state index in [9.17, 15) is 14.0 Å². The van der Waals surface area contributed by atoms with Crippen LogP contribution in [0.25, 0.3) is 0 Å². The average Bonchev–Trinajstić information content (AvgIpc) is 3.16. The Morgan fingerprint density at radius 2 is 2.15 bits per heavy atom. The van der Waals surface area contributed by atoms with Gasteiger partial charge in [-0.25, -0.2) is 9.37 Å². The number of piperazine rings is 2. The molecule has 0 saturated carbocycles. The van der Waals surface area contributed by atoms with Gasteiger partial charge >= 0.3 is 0 Å². The fraction of sp³-hybridized carbons (Fsp3) is 0.421. The second-order valence-electron chi connectivity index (χ2n) is 7.21. The van der Waals surface area contributed by atoms with E-state index in [1.54, 1.807) is 30.4 Å². The molecule has 2 aliphatic rings. The number of imidazole rings is 1. The van der Waals surface area contributed by atoms with Gasteiger partial charge in [-0.3, -0.25) is 14.5 Å². The SMILES string of the molecule is Cc1ccc(CN2CCN3C(=O)[C@H](Cc4cnc[nH]4)NC(=O)[C@H]3C2)cc1F. The Morgan fingerprint density at radius 3 is 2.89 bits per heavy atom. The van der Waals surface area contributed by atoms with Crippen LogP contribution in [0, 0.1) is 12.7 Å². The lowest BCUT2D eigenvalue weighted by Crippen LogP contribution is -2.69. The van der Waals surface area contributed by atoms with Crippen molar-refractivity contribution in [2.75, 3.05) is 19.6 Å². The summed E-state index contributed by atoms with van der Waals surface area (Å²) in [6, 6.07) is 4.13. The van der Waals surface area contributed by atoms with Crippen LogP contribution < -0.4 is 5.32 Å². The van der Waals surface area contributed by atoms with Crippen LogP contribution in [0.1, 0.15) is 16.8 Å². The number of hydrogen-bond donors (Lipinski definition) is 2. The third-order valence-corrected chi connectivity index (χ3v) is 5.29. The van der Waals surface area contributed by atoms with Crippen molar-refractivity contribution in [2.45, 2.75) is 32.0 Å². The van der Waals surface area contributed by atoms with Gasteiger partial charge in [-0.1, -0.05) is 12.1 Å². The van der Waals surface area contributed by atoms with Crippen LogP contribution in [-0.4, -0.2) is 63.3 Å². The molecule has 0 spiro atoms. The van der Waals surface area contributed by atoms with Gasteiger partial charge in [-0.2, -0.15) is 0 Å². The number of nitrogens with one attached hydrogen (secondary N) is 2. The van der Waals surface area contributed by atoms with Gasteiger partial charge in [0.2, 0.25) is 11.8 Å². The van der Waals surface area contributed by atoms with Crippen molar-refractivity contribution in [1.82, 2.24) is 25.1 Å². The first-order chi connectivity index (χ1) is 13.0. The smallest absolute Gasteiger partial charge is 0.246 e. The molecule has 0 unspecified atom stereocenters. The molecule has 0 radical (unpaired) electrons. The van der Waals surface area contributed by atoms with E-state index in [0.29, 0.717) is 38.2 Å². The number of carbonyl (C=O) groups excluding carboxylic acids is 2. The largest absolute Gasteiger partial charge is 0.348 e. The molecule has 2 saturated heterocycles. The topological polar surface area (TPSA) is 81.3 Å². The van der Waals surface area contributed by atoms with Gasteiger partial charge in [0, 0.05) is 44.5 Å². The maximum Gasteiger partial charge on any atom is 0.246 e. The molecule has 3 heterocycles. The highest BCUT2D eigenvalue weighted by molar-refractivity contribution is 5.97. The minimum absolute atomic E-state index is 0.0600. The van der Waals surface area contributed by atoms with Gasteiger partial charge in [0.15, 0.2) is 0 Å². The fourth-order valence-electron chi connectivity index (χ4n) is 3.75. The Kier molecular flexibility index (Phi) is 4.65. The van der Waals surface area contributed by atoms with Gasteiger partial charge in [-0.15, -0.1) is 0 Å². The van der Waals surface area contributed by atoms with Gasteiger partial charge in [-0.05, 0) is 24.1 Å². The molecule has 1 aromatic carbocycles. The van der Waals surface area contributed by atoms with Crippen molar-refractivity contribution in [1.29, 1.82) is 0 Å². The molecular formula is C19H22FN5O2. The number of aryl methyl sites for hydroxylation is 1. The number of nitrogens with zero attached hydrogens (tertiary/aromatic N) is 3. The molecule has 0 bridgehead atoms. The van der Waals surface area contributed by atoms with Crippen molar-refractivity contribution in [3.63, 3.8) is 0 Å². The van der Waals surface area contributed by atoms with Crippen LogP contribution in [0.5, 0.6) is 0 Å². The molecule has 7 nitrogen and oxygen atoms in total. The number of amides is 2. The maximum atomic E-state index is 13.8. The fourth-order valence-corrected chi connectivity index (χ4v) is 3.75. The lowest BCUT2D eigenvalue weighted by atomic mass is 10.0. The molecular weight excluding hydrogens is 349 g/mol. The zero-order valence-corrected chi connectivity index (χ0v) is 15.1. The van der Waals surface area contributed by atoms with E-state index in [1.165, 1.54) is 6.07 Å². The van der Waals surface area contributed by atoms with E-state index in [1.807, 2.05) is 6.07 Å².